The van der Waals surface area contributed by atoms with Crippen LogP contribution < -0.4 is 0 Å². The van der Waals surface area contributed by atoms with Gasteiger partial charge in [-0.15, -0.1) is 0 Å². The van der Waals surface area contributed by atoms with Crippen LogP contribution in [0.1, 0.15) is 38.3 Å². The lowest BCUT2D eigenvalue weighted by atomic mass is 10.1. The van der Waals surface area contributed by atoms with E-state index in [2.05, 4.69) is 23.1 Å². The maximum absolute atomic E-state index is 4.16. The third-order valence-corrected chi connectivity index (χ3v) is 1.86. The smallest absolute Gasteiger partial charge is 0.108 e. The van der Waals surface area contributed by atoms with Gasteiger partial charge in [0.15, 0.2) is 0 Å². The predicted octanol–water partition coefficient (Wildman–Crippen LogP) is 2.40. The summed E-state index contributed by atoms with van der Waals surface area (Å²) in [5.74, 6) is 0. The van der Waals surface area contributed by atoms with Gasteiger partial charge >= 0.3 is 0 Å². The minimum atomic E-state index is 1.06. The van der Waals surface area contributed by atoms with Crippen molar-refractivity contribution in [3.8, 4) is 0 Å². The fraction of sp³-hybridized carbons (Fsp3) is 0.600. The Kier molecular flexibility index (Phi) is 4.35. The number of aromatic nitrogens is 2. The van der Waals surface area contributed by atoms with Gasteiger partial charge in [0, 0.05) is 6.20 Å². The molecule has 0 aromatic carbocycles. The fourth-order valence-electron chi connectivity index (χ4n) is 1.15. The van der Waals surface area contributed by atoms with Crippen LogP contribution in [0, 0.1) is 6.20 Å². The molecule has 1 heterocycles. The molecule has 0 saturated carbocycles. The van der Waals surface area contributed by atoms with Crippen molar-refractivity contribution in [1.82, 2.24) is 9.97 Å². The van der Waals surface area contributed by atoms with Crippen molar-refractivity contribution in [3.05, 3.63) is 24.3 Å². The van der Waals surface area contributed by atoms with Crippen molar-refractivity contribution in [1.29, 1.82) is 0 Å². The van der Waals surface area contributed by atoms with Gasteiger partial charge in [0.2, 0.25) is 0 Å². The van der Waals surface area contributed by atoms with Gasteiger partial charge in [-0.1, -0.05) is 26.2 Å². The van der Waals surface area contributed by atoms with Crippen LogP contribution in [0.25, 0.3) is 0 Å². The molecule has 2 nitrogen and oxygen atoms in total. The van der Waals surface area contributed by atoms with Crippen LogP contribution in [-0.4, -0.2) is 9.97 Å². The minimum Gasteiger partial charge on any atom is -0.257 e. The van der Waals surface area contributed by atoms with E-state index in [1.54, 1.807) is 12.4 Å². The second kappa shape index (κ2) is 5.70. The van der Waals surface area contributed by atoms with Gasteiger partial charge in [-0.25, -0.2) is 0 Å². The van der Waals surface area contributed by atoms with Gasteiger partial charge < -0.3 is 0 Å². The summed E-state index contributed by atoms with van der Waals surface area (Å²) in [5.41, 5.74) is 1.09. The molecule has 0 fully saturated rings. The summed E-state index contributed by atoms with van der Waals surface area (Å²) in [6, 6.07) is 0. The summed E-state index contributed by atoms with van der Waals surface area (Å²) in [4.78, 5) is 8.05. The zero-order chi connectivity index (χ0) is 8.65. The van der Waals surface area contributed by atoms with Gasteiger partial charge in [0.05, 0.1) is 11.9 Å². The summed E-state index contributed by atoms with van der Waals surface area (Å²) in [5, 5.41) is 0. The Morgan fingerprint density at radius 2 is 2.25 bits per heavy atom. The number of nitrogens with zero attached hydrogens (tertiary/aromatic N) is 2. The molecule has 0 amide bonds. The van der Waals surface area contributed by atoms with Crippen molar-refractivity contribution >= 4 is 0 Å². The SMILES string of the molecule is CCCCCCc1cn[c]cn1. The van der Waals surface area contributed by atoms with E-state index in [-0.39, 0.29) is 0 Å². The summed E-state index contributed by atoms with van der Waals surface area (Å²) < 4.78 is 0. The average molecular weight is 163 g/mol. The van der Waals surface area contributed by atoms with Gasteiger partial charge in [-0.2, -0.15) is 0 Å². The van der Waals surface area contributed by atoms with E-state index in [9.17, 15) is 0 Å². The van der Waals surface area contributed by atoms with Crippen LogP contribution in [0.3, 0.4) is 0 Å². The lowest BCUT2D eigenvalue weighted by Gasteiger charge is -1.97. The molecule has 0 spiro atoms. The molecule has 65 valence electrons. The van der Waals surface area contributed by atoms with Crippen LogP contribution in [0.2, 0.25) is 0 Å². The standard InChI is InChI=1S/C10H15N2/c1-2-3-4-5-6-10-9-11-7-8-12-10/h8-9H,2-6H2,1H3. The van der Waals surface area contributed by atoms with Gasteiger partial charge in [0.1, 0.15) is 6.20 Å². The maximum atomic E-state index is 4.16. The normalized spacial score (nSPS) is 10.1. The summed E-state index contributed by atoms with van der Waals surface area (Å²) >= 11 is 0. The van der Waals surface area contributed by atoms with Gasteiger partial charge in [0.25, 0.3) is 0 Å². The third kappa shape index (κ3) is 3.46. The topological polar surface area (TPSA) is 25.8 Å². The molecular weight excluding hydrogens is 148 g/mol. The Labute approximate surface area is 74.1 Å². The highest BCUT2D eigenvalue weighted by Crippen LogP contribution is 2.03. The first-order valence-corrected chi connectivity index (χ1v) is 4.60. The zero-order valence-electron chi connectivity index (χ0n) is 7.58. The zero-order valence-corrected chi connectivity index (χ0v) is 7.58. The van der Waals surface area contributed by atoms with Crippen LogP contribution >= 0.6 is 0 Å². The molecule has 0 saturated heterocycles. The first-order valence-electron chi connectivity index (χ1n) is 4.60. The molecule has 1 radical (unpaired) electrons. The largest absolute Gasteiger partial charge is 0.257 e. The molecule has 0 unspecified atom stereocenters. The van der Waals surface area contributed by atoms with E-state index >= 15 is 0 Å². The minimum absolute atomic E-state index is 1.06. The Hall–Kier alpha value is -0.920. The number of unbranched alkanes of at least 4 members (excludes halogenated alkanes) is 3. The van der Waals surface area contributed by atoms with Crippen molar-refractivity contribution in [3.63, 3.8) is 0 Å². The van der Waals surface area contributed by atoms with Crippen LogP contribution in [0.15, 0.2) is 12.4 Å². The number of hydrogen-bond acceptors (Lipinski definition) is 2. The summed E-state index contributed by atoms with van der Waals surface area (Å²) in [7, 11) is 0. The molecule has 2 heteroatoms. The second-order valence-electron chi connectivity index (χ2n) is 2.95. The van der Waals surface area contributed by atoms with E-state index in [1.165, 1.54) is 25.7 Å². The predicted molar refractivity (Wildman–Crippen MR) is 48.7 cm³/mol. The Balaban J connectivity index is 2.16. The Morgan fingerprint density at radius 3 is 2.92 bits per heavy atom. The molecule has 0 bridgehead atoms. The second-order valence-corrected chi connectivity index (χ2v) is 2.95. The number of rotatable bonds is 5. The van der Waals surface area contributed by atoms with E-state index < -0.39 is 0 Å². The first kappa shape index (κ1) is 9.17. The molecule has 0 aliphatic rings. The van der Waals surface area contributed by atoms with E-state index in [4.69, 9.17) is 0 Å². The quantitative estimate of drug-likeness (QED) is 0.623. The van der Waals surface area contributed by atoms with Crippen molar-refractivity contribution < 1.29 is 0 Å². The van der Waals surface area contributed by atoms with Crippen LogP contribution in [0.4, 0.5) is 0 Å². The van der Waals surface area contributed by atoms with E-state index in [0.29, 0.717) is 0 Å². The average Bonchev–Trinajstić information content (AvgIpc) is 2.14. The number of hydrogen-bond donors (Lipinski definition) is 0. The highest BCUT2D eigenvalue weighted by Gasteiger charge is 1.92. The molecule has 0 atom stereocenters. The molecule has 12 heavy (non-hydrogen) atoms. The molecule has 0 N–H and O–H groups in total. The first-order chi connectivity index (χ1) is 5.93. The van der Waals surface area contributed by atoms with Crippen LogP contribution in [-0.2, 0) is 6.42 Å². The third-order valence-electron chi connectivity index (χ3n) is 1.86. The lowest BCUT2D eigenvalue weighted by molar-refractivity contribution is 0.659. The fourth-order valence-corrected chi connectivity index (χ4v) is 1.15. The molecule has 0 aliphatic carbocycles. The molecular formula is C10H15N2. The molecule has 0 aliphatic heterocycles. The Morgan fingerprint density at radius 1 is 1.33 bits per heavy atom. The van der Waals surface area contributed by atoms with Crippen molar-refractivity contribution in [2.75, 3.05) is 0 Å². The van der Waals surface area contributed by atoms with Crippen LogP contribution in [0.5, 0.6) is 0 Å². The Bertz CT molecular complexity index is 196. The highest BCUT2D eigenvalue weighted by atomic mass is 14.8. The molecule has 1 aromatic rings. The van der Waals surface area contributed by atoms with E-state index in [0.717, 1.165) is 12.1 Å². The summed E-state index contributed by atoms with van der Waals surface area (Å²) in [6.45, 7) is 2.22. The molecule has 1 rings (SSSR count). The lowest BCUT2D eigenvalue weighted by Crippen LogP contribution is -1.90. The van der Waals surface area contributed by atoms with Crippen molar-refractivity contribution in [2.45, 2.75) is 39.0 Å². The van der Waals surface area contributed by atoms with Gasteiger partial charge in [-0.05, 0) is 12.8 Å². The van der Waals surface area contributed by atoms with E-state index in [1.807, 2.05) is 0 Å². The number of aryl methyl sites for hydroxylation is 1. The maximum Gasteiger partial charge on any atom is 0.108 e. The monoisotopic (exact) mass is 163 g/mol. The van der Waals surface area contributed by atoms with Crippen molar-refractivity contribution in [2.24, 2.45) is 0 Å². The molecule has 1 aromatic heterocycles. The van der Waals surface area contributed by atoms with Gasteiger partial charge in [-0.3, -0.25) is 9.97 Å². The highest BCUT2D eigenvalue weighted by molar-refractivity contribution is 4.93. The summed E-state index contributed by atoms with van der Waals surface area (Å²) in [6.07, 6.45) is 12.3.